The molecule has 0 aliphatic carbocycles. The number of carboxylic acid groups (broad SMARTS) is 1. The lowest BCUT2D eigenvalue weighted by Crippen LogP contribution is -2.22. The van der Waals surface area contributed by atoms with E-state index in [2.05, 4.69) is 5.10 Å². The smallest absolute Gasteiger partial charge is 0.336 e. The predicted molar refractivity (Wildman–Crippen MR) is 61.0 cm³/mol. The molecule has 0 aliphatic heterocycles. The van der Waals surface area contributed by atoms with Crippen LogP contribution in [-0.2, 0) is 6.54 Å². The molecule has 0 atom stereocenters. The molecule has 0 unspecified atom stereocenters. The second-order valence-electron chi connectivity index (χ2n) is 3.63. The molecule has 0 aliphatic rings. The van der Waals surface area contributed by atoms with Gasteiger partial charge in [0.1, 0.15) is 5.82 Å². The third-order valence-electron chi connectivity index (χ3n) is 2.41. The summed E-state index contributed by atoms with van der Waals surface area (Å²) in [6, 6.07) is 6.21. The van der Waals surface area contributed by atoms with Crippen LogP contribution in [-0.4, -0.2) is 20.9 Å². The molecule has 92 valence electrons. The molecule has 1 N–H and O–H groups in total. The Morgan fingerprint density at radius 2 is 2.17 bits per heavy atom. The lowest BCUT2D eigenvalue weighted by Gasteiger charge is -2.07. The highest BCUT2D eigenvalue weighted by Gasteiger charge is 2.12. The lowest BCUT2D eigenvalue weighted by molar-refractivity contribution is 0.0695. The van der Waals surface area contributed by atoms with Crippen LogP contribution >= 0.6 is 0 Å². The van der Waals surface area contributed by atoms with E-state index in [1.165, 1.54) is 24.4 Å². The summed E-state index contributed by atoms with van der Waals surface area (Å²) in [6.07, 6.45) is 1.42. The Bertz CT molecular complexity index is 652. The van der Waals surface area contributed by atoms with E-state index < -0.39 is 11.8 Å². The fourth-order valence-corrected chi connectivity index (χ4v) is 1.55. The molecule has 1 aromatic heterocycles. The van der Waals surface area contributed by atoms with Crippen molar-refractivity contribution >= 4 is 5.97 Å². The first-order chi connectivity index (χ1) is 8.58. The molecule has 0 amide bonds. The molecule has 18 heavy (non-hydrogen) atoms. The van der Waals surface area contributed by atoms with Crippen molar-refractivity contribution in [3.63, 3.8) is 0 Å². The second-order valence-corrected chi connectivity index (χ2v) is 3.63. The van der Waals surface area contributed by atoms with Gasteiger partial charge in [-0.15, -0.1) is 0 Å². The number of carboxylic acids is 1. The maximum absolute atomic E-state index is 13.0. The van der Waals surface area contributed by atoms with E-state index in [4.69, 9.17) is 5.11 Å². The molecular formula is C12H9FN2O3. The largest absolute Gasteiger partial charge is 0.478 e. The van der Waals surface area contributed by atoms with Crippen molar-refractivity contribution in [1.82, 2.24) is 9.78 Å². The van der Waals surface area contributed by atoms with E-state index in [9.17, 15) is 14.0 Å². The molecule has 0 saturated carbocycles. The molecule has 2 rings (SSSR count). The SMILES string of the molecule is O=C(O)c1cc(F)ccc1Cn1ncccc1=O. The van der Waals surface area contributed by atoms with Crippen LogP contribution in [0, 0.1) is 5.82 Å². The van der Waals surface area contributed by atoms with Crippen molar-refractivity contribution in [2.24, 2.45) is 0 Å². The van der Waals surface area contributed by atoms with Crippen molar-refractivity contribution in [1.29, 1.82) is 0 Å². The van der Waals surface area contributed by atoms with Gasteiger partial charge in [-0.1, -0.05) is 6.07 Å². The predicted octanol–water partition coefficient (Wildman–Crippen LogP) is 1.13. The standard InChI is InChI=1S/C12H9FN2O3/c13-9-4-3-8(10(6-9)12(17)18)7-15-11(16)2-1-5-14-15/h1-6H,7H2,(H,17,18). The van der Waals surface area contributed by atoms with Crippen LogP contribution in [0.25, 0.3) is 0 Å². The fourth-order valence-electron chi connectivity index (χ4n) is 1.55. The van der Waals surface area contributed by atoms with Crippen LogP contribution < -0.4 is 5.56 Å². The number of halogens is 1. The summed E-state index contributed by atoms with van der Waals surface area (Å²) in [5.74, 6) is -1.88. The Labute approximate surface area is 101 Å². The first kappa shape index (κ1) is 12.0. The number of aromatic nitrogens is 2. The van der Waals surface area contributed by atoms with E-state index in [0.29, 0.717) is 5.56 Å². The third kappa shape index (κ3) is 2.42. The minimum absolute atomic E-state index is 0.0123. The number of carbonyl (C=O) groups is 1. The zero-order valence-electron chi connectivity index (χ0n) is 9.21. The van der Waals surface area contributed by atoms with Crippen LogP contribution in [0.5, 0.6) is 0 Å². The quantitative estimate of drug-likeness (QED) is 0.883. The molecule has 0 radical (unpaired) electrons. The Balaban J connectivity index is 2.44. The molecule has 0 spiro atoms. The second kappa shape index (κ2) is 4.79. The average Bonchev–Trinajstić information content (AvgIpc) is 2.34. The summed E-state index contributed by atoms with van der Waals surface area (Å²) in [5.41, 5.74) is -0.199. The van der Waals surface area contributed by atoms with Crippen LogP contribution in [0.2, 0.25) is 0 Å². The van der Waals surface area contributed by atoms with Crippen molar-refractivity contribution in [2.75, 3.05) is 0 Å². The zero-order chi connectivity index (χ0) is 13.1. The maximum Gasteiger partial charge on any atom is 0.336 e. The zero-order valence-corrected chi connectivity index (χ0v) is 9.21. The number of rotatable bonds is 3. The van der Waals surface area contributed by atoms with Gasteiger partial charge in [-0.3, -0.25) is 4.79 Å². The van der Waals surface area contributed by atoms with Gasteiger partial charge in [0.15, 0.2) is 0 Å². The number of nitrogens with zero attached hydrogens (tertiary/aromatic N) is 2. The molecule has 6 heteroatoms. The molecule has 1 aromatic carbocycles. The molecule has 0 fully saturated rings. The van der Waals surface area contributed by atoms with Gasteiger partial charge in [0.2, 0.25) is 0 Å². The Kier molecular flexibility index (Phi) is 3.18. The molecule has 0 bridgehead atoms. The van der Waals surface area contributed by atoms with Crippen LogP contribution in [0.15, 0.2) is 41.3 Å². The highest BCUT2D eigenvalue weighted by molar-refractivity contribution is 5.89. The highest BCUT2D eigenvalue weighted by atomic mass is 19.1. The van der Waals surface area contributed by atoms with Crippen LogP contribution in [0.1, 0.15) is 15.9 Å². The average molecular weight is 248 g/mol. The topological polar surface area (TPSA) is 72.2 Å². The van der Waals surface area contributed by atoms with Gasteiger partial charge in [0.05, 0.1) is 12.1 Å². The monoisotopic (exact) mass is 248 g/mol. The minimum atomic E-state index is -1.24. The number of aromatic carboxylic acids is 1. The molecule has 0 saturated heterocycles. The molecule has 2 aromatic rings. The van der Waals surface area contributed by atoms with E-state index in [0.717, 1.165) is 16.8 Å². The van der Waals surface area contributed by atoms with Crippen molar-refractivity contribution in [3.05, 3.63) is 63.8 Å². The summed E-state index contributed by atoms with van der Waals surface area (Å²) >= 11 is 0. The normalized spacial score (nSPS) is 10.3. The van der Waals surface area contributed by atoms with Gasteiger partial charge in [-0.25, -0.2) is 13.9 Å². The van der Waals surface area contributed by atoms with E-state index in [-0.39, 0.29) is 17.7 Å². The van der Waals surface area contributed by atoms with Crippen LogP contribution in [0.3, 0.4) is 0 Å². The summed E-state index contributed by atoms with van der Waals surface area (Å²) in [4.78, 5) is 22.4. The van der Waals surface area contributed by atoms with Crippen molar-refractivity contribution in [2.45, 2.75) is 6.54 Å². The van der Waals surface area contributed by atoms with Crippen molar-refractivity contribution in [3.8, 4) is 0 Å². The van der Waals surface area contributed by atoms with E-state index in [1.54, 1.807) is 0 Å². The third-order valence-corrected chi connectivity index (χ3v) is 2.41. The van der Waals surface area contributed by atoms with E-state index >= 15 is 0 Å². The number of hydrogen-bond acceptors (Lipinski definition) is 3. The maximum atomic E-state index is 13.0. The van der Waals surface area contributed by atoms with Gasteiger partial charge >= 0.3 is 5.97 Å². The van der Waals surface area contributed by atoms with Gasteiger partial charge in [-0.05, 0) is 23.8 Å². The van der Waals surface area contributed by atoms with Gasteiger partial charge < -0.3 is 5.11 Å². The van der Waals surface area contributed by atoms with Gasteiger partial charge in [0, 0.05) is 12.3 Å². The molecule has 1 heterocycles. The van der Waals surface area contributed by atoms with Gasteiger partial charge in [0.25, 0.3) is 5.56 Å². The molecular weight excluding hydrogens is 239 g/mol. The summed E-state index contributed by atoms with van der Waals surface area (Å²) in [5, 5.41) is 12.8. The Hall–Kier alpha value is -2.50. The van der Waals surface area contributed by atoms with E-state index in [1.807, 2.05) is 0 Å². The van der Waals surface area contributed by atoms with Crippen LogP contribution in [0.4, 0.5) is 4.39 Å². The first-order valence-electron chi connectivity index (χ1n) is 5.12. The summed E-state index contributed by atoms with van der Waals surface area (Å²) < 4.78 is 14.1. The fraction of sp³-hybridized carbons (Fsp3) is 0.0833. The Morgan fingerprint density at radius 3 is 2.83 bits per heavy atom. The highest BCUT2D eigenvalue weighted by Crippen LogP contribution is 2.12. The number of benzene rings is 1. The lowest BCUT2D eigenvalue weighted by atomic mass is 10.1. The Morgan fingerprint density at radius 1 is 1.39 bits per heavy atom. The molecule has 5 nitrogen and oxygen atoms in total. The summed E-state index contributed by atoms with van der Waals surface area (Å²) in [6.45, 7) is -0.0123. The van der Waals surface area contributed by atoms with Crippen molar-refractivity contribution < 1.29 is 14.3 Å². The number of hydrogen-bond donors (Lipinski definition) is 1. The first-order valence-corrected chi connectivity index (χ1v) is 5.12. The minimum Gasteiger partial charge on any atom is -0.478 e. The summed E-state index contributed by atoms with van der Waals surface area (Å²) in [7, 11) is 0. The van der Waals surface area contributed by atoms with Gasteiger partial charge in [-0.2, -0.15) is 5.10 Å².